The molecule has 66 valence electrons. The van der Waals surface area contributed by atoms with Crippen LogP contribution >= 0.6 is 0 Å². The van der Waals surface area contributed by atoms with Gasteiger partial charge in [-0.25, -0.2) is 4.79 Å². The summed E-state index contributed by atoms with van der Waals surface area (Å²) < 4.78 is 0. The van der Waals surface area contributed by atoms with E-state index in [2.05, 4.69) is 10.2 Å². The topological polar surface area (TPSA) is 86.2 Å². The van der Waals surface area contributed by atoms with Crippen LogP contribution in [-0.4, -0.2) is 26.4 Å². The normalized spacial score (nSPS) is 11.6. The van der Waals surface area contributed by atoms with Crippen LogP contribution in [0, 0.1) is 0 Å². The van der Waals surface area contributed by atoms with Gasteiger partial charge in [-0.15, -0.1) is 0 Å². The van der Waals surface area contributed by atoms with Gasteiger partial charge in [0.2, 0.25) is 0 Å². The first-order valence-electron chi connectivity index (χ1n) is 3.43. The molecule has 0 unspecified atom stereocenters. The van der Waals surface area contributed by atoms with Gasteiger partial charge >= 0.3 is 5.97 Å². The largest absolute Gasteiger partial charge is 0.476 e. The summed E-state index contributed by atoms with van der Waals surface area (Å²) in [5.41, 5.74) is -0.784. The minimum absolute atomic E-state index is 0.0906. The van der Waals surface area contributed by atoms with Crippen molar-refractivity contribution in [1.29, 1.82) is 0 Å². The van der Waals surface area contributed by atoms with E-state index < -0.39 is 11.6 Å². The number of rotatable bonds is 2. The van der Waals surface area contributed by atoms with E-state index in [1.165, 1.54) is 6.07 Å². The summed E-state index contributed by atoms with van der Waals surface area (Å²) in [6.45, 7) is 3.10. The van der Waals surface area contributed by atoms with E-state index in [-0.39, 0.29) is 5.69 Å². The number of aromatic amines is 1. The first-order valence-corrected chi connectivity index (χ1v) is 3.43. The molecule has 0 saturated carbocycles. The number of aliphatic hydroxyl groups is 1. The molecular formula is C7H10N2O3. The third-order valence-electron chi connectivity index (χ3n) is 1.46. The van der Waals surface area contributed by atoms with E-state index in [9.17, 15) is 9.90 Å². The number of carbonyl (C=O) groups is 1. The molecular weight excluding hydrogens is 160 g/mol. The van der Waals surface area contributed by atoms with Crippen LogP contribution in [0.5, 0.6) is 0 Å². The molecule has 1 heterocycles. The molecule has 0 radical (unpaired) electrons. The average Bonchev–Trinajstić information content (AvgIpc) is 2.30. The highest BCUT2D eigenvalue weighted by atomic mass is 16.4. The summed E-state index contributed by atoms with van der Waals surface area (Å²) in [6.07, 6.45) is 0. The van der Waals surface area contributed by atoms with E-state index in [1.807, 2.05) is 0 Å². The van der Waals surface area contributed by atoms with Crippen LogP contribution in [0.15, 0.2) is 6.07 Å². The molecule has 0 atom stereocenters. The van der Waals surface area contributed by atoms with Crippen LogP contribution in [0.1, 0.15) is 30.0 Å². The van der Waals surface area contributed by atoms with E-state index in [1.54, 1.807) is 13.8 Å². The van der Waals surface area contributed by atoms with Gasteiger partial charge in [-0.3, -0.25) is 5.10 Å². The van der Waals surface area contributed by atoms with Crippen molar-refractivity contribution in [2.45, 2.75) is 19.4 Å². The minimum atomic E-state index is -1.11. The van der Waals surface area contributed by atoms with Gasteiger partial charge in [-0.05, 0) is 19.9 Å². The zero-order chi connectivity index (χ0) is 9.35. The maximum atomic E-state index is 10.4. The fraction of sp³-hybridized carbons (Fsp3) is 0.429. The Kier molecular flexibility index (Phi) is 1.89. The zero-order valence-corrected chi connectivity index (χ0v) is 6.83. The molecule has 0 aromatic carbocycles. The Labute approximate surface area is 69.0 Å². The molecule has 0 fully saturated rings. The Hall–Kier alpha value is -1.36. The van der Waals surface area contributed by atoms with Crippen molar-refractivity contribution in [2.75, 3.05) is 0 Å². The maximum Gasteiger partial charge on any atom is 0.356 e. The highest BCUT2D eigenvalue weighted by Gasteiger charge is 2.20. The third-order valence-corrected chi connectivity index (χ3v) is 1.46. The summed E-state index contributed by atoms with van der Waals surface area (Å²) in [5, 5.41) is 23.9. The lowest BCUT2D eigenvalue weighted by Crippen LogP contribution is -2.15. The van der Waals surface area contributed by atoms with Gasteiger partial charge in [0, 0.05) is 0 Å². The Bertz CT molecular complexity index is 298. The van der Waals surface area contributed by atoms with Crippen molar-refractivity contribution in [1.82, 2.24) is 10.2 Å². The number of hydrogen-bond donors (Lipinski definition) is 3. The summed E-state index contributed by atoms with van der Waals surface area (Å²) in [7, 11) is 0. The quantitative estimate of drug-likeness (QED) is 0.597. The average molecular weight is 170 g/mol. The first-order chi connectivity index (χ1) is 5.41. The fourth-order valence-electron chi connectivity index (χ4n) is 0.745. The summed E-state index contributed by atoms with van der Waals surface area (Å²) in [6, 6.07) is 1.31. The van der Waals surface area contributed by atoms with Crippen molar-refractivity contribution in [3.8, 4) is 0 Å². The molecule has 0 bridgehead atoms. The van der Waals surface area contributed by atoms with Crippen LogP contribution < -0.4 is 0 Å². The van der Waals surface area contributed by atoms with Crippen LogP contribution in [0.2, 0.25) is 0 Å². The SMILES string of the molecule is CC(C)(O)c1cc(C(=O)O)n[nH]1. The lowest BCUT2D eigenvalue weighted by Gasteiger charge is -2.13. The van der Waals surface area contributed by atoms with E-state index in [0.717, 1.165) is 0 Å². The molecule has 0 spiro atoms. The Morgan fingerprint density at radius 3 is 2.50 bits per heavy atom. The molecule has 0 saturated heterocycles. The number of hydrogen-bond acceptors (Lipinski definition) is 3. The molecule has 1 aromatic rings. The number of H-pyrrole nitrogens is 1. The lowest BCUT2D eigenvalue weighted by molar-refractivity contribution is 0.0690. The second-order valence-electron chi connectivity index (χ2n) is 3.03. The predicted octanol–water partition coefficient (Wildman–Crippen LogP) is 0.335. The third kappa shape index (κ3) is 1.62. The van der Waals surface area contributed by atoms with Crippen molar-refractivity contribution in [3.05, 3.63) is 17.5 Å². The summed E-state index contributed by atoms with van der Waals surface area (Å²) in [5.74, 6) is -1.11. The van der Waals surface area contributed by atoms with Crippen molar-refractivity contribution >= 4 is 5.97 Å². The molecule has 0 aliphatic carbocycles. The Morgan fingerprint density at radius 1 is 1.67 bits per heavy atom. The monoisotopic (exact) mass is 170 g/mol. The highest BCUT2D eigenvalue weighted by Crippen LogP contribution is 2.17. The molecule has 12 heavy (non-hydrogen) atoms. The van der Waals surface area contributed by atoms with Gasteiger partial charge in [0.05, 0.1) is 5.69 Å². The number of nitrogens with one attached hydrogen (secondary N) is 1. The van der Waals surface area contributed by atoms with E-state index in [0.29, 0.717) is 5.69 Å². The molecule has 5 nitrogen and oxygen atoms in total. The van der Waals surface area contributed by atoms with Crippen molar-refractivity contribution < 1.29 is 15.0 Å². The Morgan fingerprint density at radius 2 is 2.25 bits per heavy atom. The number of nitrogens with zero attached hydrogens (tertiary/aromatic N) is 1. The van der Waals surface area contributed by atoms with Gasteiger partial charge in [0.25, 0.3) is 0 Å². The molecule has 1 rings (SSSR count). The number of aromatic carboxylic acids is 1. The van der Waals surface area contributed by atoms with Gasteiger partial charge in [0.1, 0.15) is 5.60 Å². The second-order valence-corrected chi connectivity index (χ2v) is 3.03. The standard InChI is InChI=1S/C7H10N2O3/c1-7(2,12)5-3-4(6(10)11)8-9-5/h3,12H,1-2H3,(H,8,9)(H,10,11). The van der Waals surface area contributed by atoms with Crippen molar-refractivity contribution in [2.24, 2.45) is 0 Å². The summed E-state index contributed by atoms with van der Waals surface area (Å²) in [4.78, 5) is 10.4. The summed E-state index contributed by atoms with van der Waals surface area (Å²) >= 11 is 0. The second kappa shape index (κ2) is 2.60. The molecule has 0 aliphatic heterocycles. The van der Waals surface area contributed by atoms with Gasteiger partial charge in [0.15, 0.2) is 5.69 Å². The van der Waals surface area contributed by atoms with E-state index >= 15 is 0 Å². The van der Waals surface area contributed by atoms with Gasteiger partial charge in [-0.1, -0.05) is 0 Å². The first kappa shape index (κ1) is 8.73. The minimum Gasteiger partial charge on any atom is -0.476 e. The lowest BCUT2D eigenvalue weighted by atomic mass is 10.1. The number of aromatic nitrogens is 2. The molecule has 5 heteroatoms. The maximum absolute atomic E-state index is 10.4. The van der Waals surface area contributed by atoms with Gasteiger partial charge < -0.3 is 10.2 Å². The zero-order valence-electron chi connectivity index (χ0n) is 6.83. The van der Waals surface area contributed by atoms with Crippen LogP contribution in [0.3, 0.4) is 0 Å². The van der Waals surface area contributed by atoms with E-state index in [4.69, 9.17) is 5.11 Å². The number of carboxylic acid groups (broad SMARTS) is 1. The molecule has 0 aliphatic rings. The number of carboxylic acids is 1. The van der Waals surface area contributed by atoms with Crippen molar-refractivity contribution in [3.63, 3.8) is 0 Å². The van der Waals surface area contributed by atoms with Gasteiger partial charge in [-0.2, -0.15) is 5.10 Å². The Balaban J connectivity index is 3.00. The van der Waals surface area contributed by atoms with Crippen LogP contribution in [0.25, 0.3) is 0 Å². The predicted molar refractivity (Wildman–Crippen MR) is 40.8 cm³/mol. The van der Waals surface area contributed by atoms with Crippen LogP contribution in [-0.2, 0) is 5.60 Å². The van der Waals surface area contributed by atoms with Crippen LogP contribution in [0.4, 0.5) is 0 Å². The molecule has 1 aromatic heterocycles. The highest BCUT2D eigenvalue weighted by molar-refractivity contribution is 5.85. The molecule has 0 amide bonds. The smallest absolute Gasteiger partial charge is 0.356 e. The molecule has 3 N–H and O–H groups in total. The fourth-order valence-corrected chi connectivity index (χ4v) is 0.745.